The maximum atomic E-state index is 13.5. The molecule has 17 heteroatoms. The van der Waals surface area contributed by atoms with Crippen LogP contribution in [0, 0.1) is 6.92 Å². The van der Waals surface area contributed by atoms with E-state index in [2.05, 4.69) is 15.6 Å². The molecule has 48 heavy (non-hydrogen) atoms. The molecule has 1 N–H and O–H groups in total. The van der Waals surface area contributed by atoms with Crippen molar-refractivity contribution < 1.29 is 45.5 Å². The number of aryl methyl sites for hydroxylation is 1. The van der Waals surface area contributed by atoms with Gasteiger partial charge >= 0.3 is 18.2 Å². The number of ether oxygens (including phenoxy) is 2. The van der Waals surface area contributed by atoms with Crippen LogP contribution < -0.4 is 4.72 Å². The van der Waals surface area contributed by atoms with Gasteiger partial charge in [0.25, 0.3) is 16.8 Å². The first-order valence-electron chi connectivity index (χ1n) is 14.5. The van der Waals surface area contributed by atoms with Crippen molar-refractivity contribution in [1.82, 2.24) is 19.5 Å². The van der Waals surface area contributed by atoms with Gasteiger partial charge in [-0.25, -0.2) is 27.4 Å². The van der Waals surface area contributed by atoms with Crippen LogP contribution in [0.1, 0.15) is 34.5 Å². The van der Waals surface area contributed by atoms with E-state index in [0.29, 0.717) is 30.5 Å². The normalized spacial score (nSPS) is 15.0. The molecule has 1 atom stereocenters. The van der Waals surface area contributed by atoms with Crippen LogP contribution in [0.3, 0.4) is 0 Å². The number of alkyl halides is 3. The Kier molecular flexibility index (Phi) is 10.3. The van der Waals surface area contributed by atoms with E-state index in [0.717, 1.165) is 28.4 Å². The molecular formula is C31H29F3N6O7S. The number of amides is 1. The van der Waals surface area contributed by atoms with E-state index in [1.807, 2.05) is 11.6 Å². The predicted octanol–water partition coefficient (Wildman–Crippen LogP) is 5.86. The monoisotopic (exact) mass is 686 g/mol. The Morgan fingerprint density at radius 1 is 1.00 bits per heavy atom. The van der Waals surface area contributed by atoms with Gasteiger partial charge in [0.1, 0.15) is 6.61 Å². The maximum Gasteiger partial charge on any atom is 0.435 e. The van der Waals surface area contributed by atoms with Gasteiger partial charge in [0.2, 0.25) is 0 Å². The van der Waals surface area contributed by atoms with E-state index in [4.69, 9.17) is 14.3 Å². The van der Waals surface area contributed by atoms with E-state index in [1.54, 1.807) is 54.6 Å². The van der Waals surface area contributed by atoms with Crippen LogP contribution in [0.5, 0.6) is 0 Å². The minimum atomic E-state index is -4.70. The van der Waals surface area contributed by atoms with Crippen molar-refractivity contribution >= 4 is 22.1 Å². The van der Waals surface area contributed by atoms with Crippen LogP contribution in [0.15, 0.2) is 100 Å². The molecule has 0 saturated carbocycles. The Morgan fingerprint density at radius 3 is 2.40 bits per heavy atom. The van der Waals surface area contributed by atoms with Gasteiger partial charge in [-0.15, -0.1) is 0 Å². The van der Waals surface area contributed by atoms with E-state index in [9.17, 15) is 31.2 Å². The van der Waals surface area contributed by atoms with Crippen molar-refractivity contribution in [2.45, 2.75) is 36.9 Å². The molecule has 1 aliphatic heterocycles. The molecule has 1 amide bonds. The Bertz CT molecular complexity index is 1870. The quantitative estimate of drug-likeness (QED) is 0.0672. The average Bonchev–Trinajstić information content (AvgIpc) is 3.72. The zero-order valence-electron chi connectivity index (χ0n) is 25.3. The smallest absolute Gasteiger partial charge is 0.435 e. The number of benzene rings is 3. The largest absolute Gasteiger partial charge is 0.447 e. The number of aromatic nitrogens is 2. The van der Waals surface area contributed by atoms with Crippen molar-refractivity contribution in [3.63, 3.8) is 0 Å². The molecule has 1 saturated heterocycles. The summed E-state index contributed by atoms with van der Waals surface area (Å²) in [5.74, 6) is -0.597. The summed E-state index contributed by atoms with van der Waals surface area (Å²) in [6, 6.07) is 20.4. The first kappa shape index (κ1) is 33.9. The second-order valence-corrected chi connectivity index (χ2v) is 12.2. The Hall–Kier alpha value is -5.45. The predicted molar refractivity (Wildman–Crippen MR) is 163 cm³/mol. The number of hydrogen-bond donors (Lipinski definition) is 1. The third-order valence-corrected chi connectivity index (χ3v) is 8.50. The second-order valence-electron chi connectivity index (χ2n) is 10.6. The number of hydrogen-bond acceptors (Lipinski definition) is 10. The fourth-order valence-corrected chi connectivity index (χ4v) is 5.61. The van der Waals surface area contributed by atoms with Gasteiger partial charge in [-0.1, -0.05) is 48.0 Å². The summed E-state index contributed by atoms with van der Waals surface area (Å²) >= 11 is 0. The molecule has 0 spiro atoms. The van der Waals surface area contributed by atoms with Gasteiger partial charge in [-0.2, -0.15) is 18.3 Å². The molecule has 0 radical (unpaired) electrons. The summed E-state index contributed by atoms with van der Waals surface area (Å²) < 4.78 is 79.2. The van der Waals surface area contributed by atoms with E-state index >= 15 is 0 Å². The summed E-state index contributed by atoms with van der Waals surface area (Å²) in [7, 11) is -4.40. The maximum absolute atomic E-state index is 13.5. The first-order chi connectivity index (χ1) is 22.9. The molecule has 3 aromatic carbocycles. The van der Waals surface area contributed by atoms with Gasteiger partial charge in [0, 0.05) is 17.4 Å². The zero-order chi connectivity index (χ0) is 34.3. The lowest BCUT2D eigenvalue weighted by Crippen LogP contribution is -2.35. The molecule has 13 nitrogen and oxygen atoms in total. The highest BCUT2D eigenvalue weighted by Gasteiger charge is 2.35. The molecule has 1 aromatic heterocycles. The summed E-state index contributed by atoms with van der Waals surface area (Å²) in [5.41, 5.74) is 0.937. The van der Waals surface area contributed by atoms with Gasteiger partial charge < -0.3 is 14.3 Å². The highest BCUT2D eigenvalue weighted by molar-refractivity contribution is 7.90. The molecule has 5 rings (SSSR count). The van der Waals surface area contributed by atoms with Crippen LogP contribution in [0.4, 0.5) is 18.0 Å². The highest BCUT2D eigenvalue weighted by atomic mass is 32.2. The number of rotatable bonds is 11. The number of sulfonamides is 1. The number of nitrogens with zero attached hydrogens (tertiary/aromatic N) is 5. The lowest BCUT2D eigenvalue weighted by Gasteiger charge is -2.19. The minimum Gasteiger partial charge on any atom is -0.447 e. The molecule has 1 aliphatic rings. The summed E-state index contributed by atoms with van der Waals surface area (Å²) in [6.45, 7) is 1.61. The highest BCUT2D eigenvalue weighted by Crippen LogP contribution is 2.33. The third kappa shape index (κ3) is 8.47. The molecule has 2 heterocycles. The molecule has 252 valence electrons. The number of nitrogens with one attached hydrogen (secondary N) is 1. The summed E-state index contributed by atoms with van der Waals surface area (Å²) in [4.78, 5) is 28.9. The third-order valence-electron chi connectivity index (χ3n) is 7.17. The summed E-state index contributed by atoms with van der Waals surface area (Å²) in [6.07, 6.45) is -4.69. The Labute approximate surface area is 272 Å². The molecule has 1 unspecified atom stereocenters. The standard InChI is InChI=1S/C31H29F3N6O7S/c1-21-9-11-22(12-10-21)27-18-28(31(32,33)34)35-40(27)24-13-15-26(16-14-24)48(43,44)36-30(42)45-19-25-8-5-17-39(25)37-38-47-20-46-29(41)23-6-3-2-4-7-23/h2-4,6-7,9-16,18,25H,5,8,17,19-20H2,1H3,(H,36,42). The number of esters is 1. The van der Waals surface area contributed by atoms with E-state index in [1.165, 1.54) is 17.1 Å². The van der Waals surface area contributed by atoms with Gasteiger partial charge in [0.15, 0.2) is 5.69 Å². The lowest BCUT2D eigenvalue weighted by molar-refractivity contribution is -0.141. The fourth-order valence-electron chi connectivity index (χ4n) is 4.72. The van der Waals surface area contributed by atoms with Crippen LogP contribution in [0.2, 0.25) is 0 Å². The van der Waals surface area contributed by atoms with Gasteiger partial charge in [-0.3, -0.25) is 5.01 Å². The van der Waals surface area contributed by atoms with Crippen molar-refractivity contribution in [2.75, 3.05) is 19.9 Å². The van der Waals surface area contributed by atoms with E-state index < -0.39 is 46.8 Å². The van der Waals surface area contributed by atoms with Gasteiger partial charge in [0.05, 0.1) is 27.9 Å². The first-order valence-corrected chi connectivity index (χ1v) is 15.9. The Balaban J connectivity index is 1.15. The molecule has 4 aromatic rings. The van der Waals surface area contributed by atoms with Crippen molar-refractivity contribution in [2.24, 2.45) is 10.5 Å². The average molecular weight is 687 g/mol. The minimum absolute atomic E-state index is 0.151. The van der Waals surface area contributed by atoms with Crippen molar-refractivity contribution in [3.05, 3.63) is 102 Å². The molecule has 0 aliphatic carbocycles. The second kappa shape index (κ2) is 14.5. The van der Waals surface area contributed by atoms with Crippen LogP contribution >= 0.6 is 0 Å². The molecular weight excluding hydrogens is 657 g/mol. The van der Waals surface area contributed by atoms with Crippen LogP contribution in [0.25, 0.3) is 16.9 Å². The topological polar surface area (TPSA) is 154 Å². The van der Waals surface area contributed by atoms with Crippen molar-refractivity contribution in [3.8, 4) is 16.9 Å². The molecule has 1 fully saturated rings. The number of halogens is 3. The van der Waals surface area contributed by atoms with Crippen LogP contribution in [-0.2, 0) is 30.5 Å². The zero-order valence-corrected chi connectivity index (χ0v) is 26.1. The fraction of sp³-hybridized carbons (Fsp3) is 0.258. The Morgan fingerprint density at radius 2 is 1.71 bits per heavy atom. The SMILES string of the molecule is Cc1ccc(-c2cc(C(F)(F)F)nn2-c2ccc(S(=O)(=O)NC(=O)OCC3CCCN3N=NOCOC(=O)c3ccccc3)cc2)cc1. The van der Waals surface area contributed by atoms with Crippen LogP contribution in [-0.4, -0.2) is 61.3 Å². The lowest BCUT2D eigenvalue weighted by atomic mass is 10.1. The summed E-state index contributed by atoms with van der Waals surface area (Å²) in [5, 5.41) is 12.6. The van der Waals surface area contributed by atoms with Crippen molar-refractivity contribution in [1.29, 1.82) is 0 Å². The molecule has 0 bridgehead atoms. The van der Waals surface area contributed by atoms with E-state index in [-0.39, 0.29) is 22.9 Å². The number of carbonyl (C=O) groups excluding carboxylic acids is 2. The number of carbonyl (C=O) groups is 2. The van der Waals surface area contributed by atoms with Gasteiger partial charge in [-0.05, 0) is 67.5 Å².